The standard InChI is InChI=1S/C25H27F2N7O2/c1-33(2)14-15-6-5-11-34(15)20-13-22(35-24(26)27)19(12-17(20)28)31-25-29-10-9-18(30-25)23-16-7-3-4-8-21(16)36-32-23/h3-4,7-10,12-13,15,24H,5-6,11,14,28H2,1-2H3,(H,29,30,31). The zero-order valence-corrected chi connectivity index (χ0v) is 20.0. The molecule has 1 fully saturated rings. The topological polar surface area (TPSA) is 106 Å². The van der Waals surface area contributed by atoms with Gasteiger partial charge < -0.3 is 30.1 Å². The summed E-state index contributed by atoms with van der Waals surface area (Å²) in [5.41, 5.74) is 9.47. The maximum Gasteiger partial charge on any atom is 0.387 e. The first-order valence-electron chi connectivity index (χ1n) is 11.6. The van der Waals surface area contributed by atoms with E-state index in [0.717, 1.165) is 31.3 Å². The second-order valence-electron chi connectivity index (χ2n) is 8.96. The Morgan fingerprint density at radius 1 is 1.25 bits per heavy atom. The molecule has 1 atom stereocenters. The number of nitrogens with one attached hydrogen (secondary N) is 1. The van der Waals surface area contributed by atoms with Gasteiger partial charge in [-0.05, 0) is 51.2 Å². The van der Waals surface area contributed by atoms with Crippen molar-refractivity contribution in [2.45, 2.75) is 25.5 Å². The van der Waals surface area contributed by atoms with Gasteiger partial charge in [0.2, 0.25) is 5.95 Å². The number of nitrogen functional groups attached to an aromatic ring is 1. The predicted molar refractivity (Wildman–Crippen MR) is 135 cm³/mol. The maximum atomic E-state index is 13.3. The summed E-state index contributed by atoms with van der Waals surface area (Å²) < 4.78 is 36.9. The van der Waals surface area contributed by atoms with Crippen LogP contribution < -0.4 is 20.7 Å². The quantitative estimate of drug-likeness (QED) is 0.335. The third kappa shape index (κ3) is 4.87. The molecule has 188 valence electrons. The number of fused-ring (bicyclic) bond motifs is 1. The number of likely N-dealkylation sites (N-methyl/N-ethyl adjacent to an activating group) is 1. The molecule has 5 rings (SSSR count). The summed E-state index contributed by atoms with van der Waals surface area (Å²) in [6.07, 6.45) is 3.55. The number of hydrogen-bond acceptors (Lipinski definition) is 9. The number of hydrogen-bond donors (Lipinski definition) is 2. The number of halogens is 2. The molecule has 1 aliphatic rings. The van der Waals surface area contributed by atoms with Crippen LogP contribution in [0.25, 0.3) is 22.4 Å². The maximum absolute atomic E-state index is 13.3. The summed E-state index contributed by atoms with van der Waals surface area (Å²) in [5.74, 6) is 0.142. The van der Waals surface area contributed by atoms with Crippen LogP contribution in [0.5, 0.6) is 5.75 Å². The van der Waals surface area contributed by atoms with Crippen LogP contribution in [0.1, 0.15) is 12.8 Å². The highest BCUT2D eigenvalue weighted by Gasteiger charge is 2.28. The minimum absolute atomic E-state index is 0.0365. The summed E-state index contributed by atoms with van der Waals surface area (Å²) in [5, 5.41) is 7.91. The highest BCUT2D eigenvalue weighted by molar-refractivity contribution is 5.90. The first kappa shape index (κ1) is 23.7. The van der Waals surface area contributed by atoms with Gasteiger partial charge in [-0.3, -0.25) is 0 Å². The number of rotatable bonds is 8. The Morgan fingerprint density at radius 2 is 2.08 bits per heavy atom. The van der Waals surface area contributed by atoms with E-state index in [9.17, 15) is 8.78 Å². The molecule has 1 unspecified atom stereocenters. The fraction of sp³-hybridized carbons (Fsp3) is 0.320. The molecule has 2 aromatic heterocycles. The fourth-order valence-corrected chi connectivity index (χ4v) is 4.63. The van der Waals surface area contributed by atoms with Crippen molar-refractivity contribution in [1.82, 2.24) is 20.0 Å². The average Bonchev–Trinajstić information content (AvgIpc) is 3.47. The second kappa shape index (κ2) is 9.94. The van der Waals surface area contributed by atoms with Gasteiger partial charge in [-0.1, -0.05) is 17.3 Å². The Kier molecular flexibility index (Phi) is 6.55. The zero-order chi connectivity index (χ0) is 25.2. The Bertz CT molecular complexity index is 1360. The van der Waals surface area contributed by atoms with Crippen molar-refractivity contribution >= 4 is 34.0 Å². The third-order valence-corrected chi connectivity index (χ3v) is 6.13. The molecular formula is C25H27F2N7O2. The second-order valence-corrected chi connectivity index (χ2v) is 8.96. The van der Waals surface area contributed by atoms with Gasteiger partial charge in [0, 0.05) is 31.4 Å². The van der Waals surface area contributed by atoms with E-state index < -0.39 is 6.61 Å². The van der Waals surface area contributed by atoms with Crippen LogP contribution in [0.3, 0.4) is 0 Å². The molecule has 1 aliphatic heterocycles. The molecule has 2 aromatic carbocycles. The van der Waals surface area contributed by atoms with Crippen molar-refractivity contribution in [1.29, 1.82) is 0 Å². The van der Waals surface area contributed by atoms with Crippen molar-refractivity contribution in [2.75, 3.05) is 43.1 Å². The monoisotopic (exact) mass is 495 g/mol. The lowest BCUT2D eigenvalue weighted by Crippen LogP contribution is -2.37. The number of para-hydroxylation sites is 1. The number of anilines is 4. The van der Waals surface area contributed by atoms with Crippen molar-refractivity contribution < 1.29 is 18.0 Å². The van der Waals surface area contributed by atoms with E-state index in [1.54, 1.807) is 24.4 Å². The molecule has 0 saturated carbocycles. The molecule has 0 spiro atoms. The molecule has 3 N–H and O–H groups in total. The zero-order valence-electron chi connectivity index (χ0n) is 20.0. The highest BCUT2D eigenvalue weighted by atomic mass is 19.3. The number of nitrogens with zero attached hydrogens (tertiary/aromatic N) is 5. The predicted octanol–water partition coefficient (Wildman–Crippen LogP) is 4.74. The number of alkyl halides is 2. The van der Waals surface area contributed by atoms with E-state index in [1.807, 2.05) is 38.4 Å². The molecule has 11 heteroatoms. The van der Waals surface area contributed by atoms with Gasteiger partial charge in [0.25, 0.3) is 0 Å². The van der Waals surface area contributed by atoms with E-state index in [1.165, 1.54) is 0 Å². The van der Waals surface area contributed by atoms with Crippen LogP contribution in [0.15, 0.2) is 53.2 Å². The van der Waals surface area contributed by atoms with E-state index in [2.05, 4.69) is 30.2 Å². The Balaban J connectivity index is 1.47. The number of nitrogens with two attached hydrogens (primary N) is 1. The van der Waals surface area contributed by atoms with Crippen LogP contribution in [0.2, 0.25) is 0 Å². The average molecular weight is 496 g/mol. The van der Waals surface area contributed by atoms with Gasteiger partial charge in [0.15, 0.2) is 11.3 Å². The minimum atomic E-state index is -3.01. The van der Waals surface area contributed by atoms with Crippen molar-refractivity contribution in [3.05, 3.63) is 48.7 Å². The first-order valence-corrected chi connectivity index (χ1v) is 11.6. The van der Waals surface area contributed by atoms with E-state index in [0.29, 0.717) is 28.3 Å². The first-order chi connectivity index (χ1) is 17.4. The number of ether oxygens (including phenoxy) is 1. The van der Waals surface area contributed by atoms with Crippen LogP contribution in [0.4, 0.5) is 31.8 Å². The van der Waals surface area contributed by atoms with Gasteiger partial charge in [0.1, 0.15) is 5.69 Å². The largest absolute Gasteiger partial charge is 0.433 e. The lowest BCUT2D eigenvalue weighted by molar-refractivity contribution is -0.0493. The molecule has 0 aliphatic carbocycles. The number of benzene rings is 2. The van der Waals surface area contributed by atoms with Crippen molar-refractivity contribution in [3.8, 4) is 17.1 Å². The molecular weight excluding hydrogens is 468 g/mol. The lowest BCUT2D eigenvalue weighted by Gasteiger charge is -2.30. The van der Waals surface area contributed by atoms with E-state index in [-0.39, 0.29) is 23.4 Å². The summed E-state index contributed by atoms with van der Waals surface area (Å²) in [4.78, 5) is 13.0. The Labute approximate surface area is 206 Å². The van der Waals surface area contributed by atoms with Crippen molar-refractivity contribution in [2.24, 2.45) is 0 Å². The van der Waals surface area contributed by atoms with E-state index in [4.69, 9.17) is 15.0 Å². The summed E-state index contributed by atoms with van der Waals surface area (Å²) in [6.45, 7) is -1.38. The molecule has 3 heterocycles. The van der Waals surface area contributed by atoms with Gasteiger partial charge in [-0.15, -0.1) is 0 Å². The molecule has 9 nitrogen and oxygen atoms in total. The van der Waals surface area contributed by atoms with Gasteiger partial charge in [-0.2, -0.15) is 8.78 Å². The summed E-state index contributed by atoms with van der Waals surface area (Å²) >= 11 is 0. The molecule has 0 radical (unpaired) electrons. The molecule has 1 saturated heterocycles. The van der Waals surface area contributed by atoms with Crippen LogP contribution in [0, 0.1) is 0 Å². The normalized spacial score (nSPS) is 15.8. The van der Waals surface area contributed by atoms with Crippen LogP contribution >= 0.6 is 0 Å². The molecule has 0 bridgehead atoms. The van der Waals surface area contributed by atoms with Gasteiger partial charge in [0.05, 0.1) is 28.1 Å². The van der Waals surface area contributed by atoms with Crippen LogP contribution in [-0.4, -0.2) is 59.9 Å². The number of aromatic nitrogens is 3. The van der Waals surface area contributed by atoms with Crippen LogP contribution in [-0.2, 0) is 0 Å². The van der Waals surface area contributed by atoms with E-state index >= 15 is 0 Å². The third-order valence-electron chi connectivity index (χ3n) is 6.13. The Hall–Kier alpha value is -3.99. The SMILES string of the molecule is CN(C)CC1CCCN1c1cc(OC(F)F)c(Nc2nccc(-c3noc4ccccc34)n2)cc1N. The lowest BCUT2D eigenvalue weighted by atomic mass is 10.1. The Morgan fingerprint density at radius 3 is 2.89 bits per heavy atom. The summed E-state index contributed by atoms with van der Waals surface area (Å²) in [7, 11) is 4.02. The molecule has 4 aromatic rings. The molecule has 36 heavy (non-hydrogen) atoms. The molecule has 0 amide bonds. The van der Waals surface area contributed by atoms with Gasteiger partial charge in [-0.25, -0.2) is 9.97 Å². The van der Waals surface area contributed by atoms with Crippen molar-refractivity contribution in [3.63, 3.8) is 0 Å². The van der Waals surface area contributed by atoms with Gasteiger partial charge >= 0.3 is 6.61 Å². The minimum Gasteiger partial charge on any atom is -0.433 e. The smallest absolute Gasteiger partial charge is 0.387 e. The highest BCUT2D eigenvalue weighted by Crippen LogP contribution is 2.40. The summed E-state index contributed by atoms with van der Waals surface area (Å²) in [6, 6.07) is 12.5. The fourth-order valence-electron chi connectivity index (χ4n) is 4.63.